The maximum atomic E-state index is 13.1. The van der Waals surface area contributed by atoms with Gasteiger partial charge in [-0.05, 0) is 31.2 Å². The summed E-state index contributed by atoms with van der Waals surface area (Å²) >= 11 is 13.5. The van der Waals surface area contributed by atoms with E-state index >= 15 is 0 Å². The molecule has 0 spiro atoms. The van der Waals surface area contributed by atoms with Crippen molar-refractivity contribution in [3.05, 3.63) is 33.8 Å². The zero-order chi connectivity index (χ0) is 21.2. The summed E-state index contributed by atoms with van der Waals surface area (Å²) in [5, 5.41) is 11.1. The Morgan fingerprint density at radius 1 is 1.34 bits per heavy atom. The van der Waals surface area contributed by atoms with Crippen molar-refractivity contribution in [2.24, 2.45) is 11.1 Å². The number of anilines is 1. The number of aliphatic hydroxyl groups is 1. The maximum Gasteiger partial charge on any atom is 0.153 e. The van der Waals surface area contributed by atoms with Gasteiger partial charge in [0, 0.05) is 30.2 Å². The van der Waals surface area contributed by atoms with Crippen LogP contribution in [0.4, 0.5) is 10.2 Å². The number of hydrogen-bond acceptors (Lipinski definition) is 7. The van der Waals surface area contributed by atoms with Gasteiger partial charge in [0.15, 0.2) is 5.82 Å². The number of nitrogens with zero attached hydrogens (tertiary/aromatic N) is 4. The molecule has 0 saturated carbocycles. The first kappa shape index (κ1) is 22.5. The molecule has 1 fully saturated rings. The van der Waals surface area contributed by atoms with E-state index in [0.717, 1.165) is 23.4 Å². The van der Waals surface area contributed by atoms with Crippen LogP contribution in [0.3, 0.4) is 0 Å². The third-order valence-corrected chi connectivity index (χ3v) is 7.53. The van der Waals surface area contributed by atoms with Gasteiger partial charge in [0.05, 0.1) is 17.3 Å². The van der Waals surface area contributed by atoms with Crippen LogP contribution >= 0.6 is 35.0 Å². The topological polar surface area (TPSA) is 88.2 Å². The van der Waals surface area contributed by atoms with Crippen molar-refractivity contribution in [2.45, 2.75) is 49.3 Å². The van der Waals surface area contributed by atoms with E-state index in [1.54, 1.807) is 12.3 Å². The molecule has 1 aliphatic rings. The molecule has 0 bridgehead atoms. The van der Waals surface area contributed by atoms with E-state index in [1.807, 2.05) is 13.8 Å². The Balaban J connectivity index is 1.83. The number of aromatic nitrogens is 3. The highest BCUT2D eigenvalue weighted by Gasteiger charge is 2.36. The Bertz CT molecular complexity index is 880. The molecule has 2 aromatic rings. The van der Waals surface area contributed by atoms with Crippen molar-refractivity contribution in [1.82, 2.24) is 15.0 Å². The molecule has 0 amide bonds. The van der Waals surface area contributed by atoms with Gasteiger partial charge in [-0.1, -0.05) is 41.9 Å². The molecule has 3 rings (SSSR count). The molecule has 1 aliphatic heterocycles. The fourth-order valence-corrected chi connectivity index (χ4v) is 4.67. The number of nitrogens with two attached hydrogens (primary N) is 1. The van der Waals surface area contributed by atoms with Crippen molar-refractivity contribution in [3.8, 4) is 0 Å². The van der Waals surface area contributed by atoms with Gasteiger partial charge in [-0.15, -0.1) is 0 Å². The number of pyridine rings is 1. The second kappa shape index (κ2) is 9.31. The van der Waals surface area contributed by atoms with Gasteiger partial charge in [-0.3, -0.25) is 0 Å². The van der Waals surface area contributed by atoms with Gasteiger partial charge in [0.2, 0.25) is 0 Å². The van der Waals surface area contributed by atoms with Gasteiger partial charge >= 0.3 is 0 Å². The highest BCUT2D eigenvalue weighted by molar-refractivity contribution is 7.99. The fraction of sp³-hybridized carbons (Fsp3) is 0.526. The maximum absolute atomic E-state index is 13.1. The third kappa shape index (κ3) is 4.77. The highest BCUT2D eigenvalue weighted by atomic mass is 35.5. The normalized spacial score (nSPS) is 17.4. The third-order valence-electron chi connectivity index (χ3n) is 5.51. The molecule has 1 atom stereocenters. The number of alkyl halides is 1. The largest absolute Gasteiger partial charge is 0.390 e. The van der Waals surface area contributed by atoms with Crippen LogP contribution in [0.5, 0.6) is 0 Å². The minimum atomic E-state index is -0.523. The summed E-state index contributed by atoms with van der Waals surface area (Å²) in [6.07, 6.45) is 3.09. The standard InChI is InChI=1S/C19H24Cl2FN5OS/c1-11-18(29-13-3-6-24-16(21)15(13)20)26-12(10-28)17(25-11)27-7-4-19(2,5-8-27)14(23)9-22/h3,6,14,28H,4-5,7-10,23H2,1-2H3/t14-/m0/s1. The summed E-state index contributed by atoms with van der Waals surface area (Å²) in [6.45, 7) is 4.50. The Morgan fingerprint density at radius 2 is 2.03 bits per heavy atom. The summed E-state index contributed by atoms with van der Waals surface area (Å²) in [5.41, 5.74) is 6.95. The number of piperidine rings is 1. The minimum absolute atomic E-state index is 0.226. The molecule has 1 saturated heterocycles. The Morgan fingerprint density at radius 3 is 2.66 bits per heavy atom. The number of hydrogen-bond donors (Lipinski definition) is 2. The molecule has 0 aliphatic carbocycles. The monoisotopic (exact) mass is 459 g/mol. The van der Waals surface area contributed by atoms with Crippen LogP contribution < -0.4 is 10.6 Å². The summed E-state index contributed by atoms with van der Waals surface area (Å²) in [6, 6.07) is 1.29. The van der Waals surface area contributed by atoms with E-state index in [9.17, 15) is 9.50 Å². The molecule has 3 N–H and O–H groups in total. The van der Waals surface area contributed by atoms with Crippen LogP contribution in [0.25, 0.3) is 0 Å². The lowest BCUT2D eigenvalue weighted by molar-refractivity contribution is 0.169. The first-order valence-corrected chi connectivity index (χ1v) is 10.9. The number of aliphatic hydroxyl groups excluding tert-OH is 1. The summed E-state index contributed by atoms with van der Waals surface area (Å²) in [5.74, 6) is 0.657. The van der Waals surface area contributed by atoms with Crippen molar-refractivity contribution in [1.29, 1.82) is 0 Å². The molecule has 2 aromatic heterocycles. The Kier molecular flexibility index (Phi) is 7.22. The second-order valence-corrected chi connectivity index (χ2v) is 9.23. The molecular formula is C19H24Cl2FN5OS. The van der Waals surface area contributed by atoms with Crippen molar-refractivity contribution in [3.63, 3.8) is 0 Å². The molecule has 6 nitrogen and oxygen atoms in total. The minimum Gasteiger partial charge on any atom is -0.390 e. The van der Waals surface area contributed by atoms with Crippen LogP contribution in [0, 0.1) is 12.3 Å². The highest BCUT2D eigenvalue weighted by Crippen LogP contribution is 2.39. The zero-order valence-corrected chi connectivity index (χ0v) is 18.7. The number of halogens is 3. The molecular weight excluding hydrogens is 436 g/mol. The average molecular weight is 460 g/mol. The Hall–Kier alpha value is -1.19. The second-order valence-electron chi connectivity index (χ2n) is 7.46. The lowest BCUT2D eigenvalue weighted by atomic mass is 9.75. The van der Waals surface area contributed by atoms with E-state index in [4.69, 9.17) is 33.9 Å². The predicted octanol–water partition coefficient (Wildman–Crippen LogP) is 4.03. The first-order valence-electron chi connectivity index (χ1n) is 9.31. The van der Waals surface area contributed by atoms with Crippen molar-refractivity contribution in [2.75, 3.05) is 24.7 Å². The molecule has 3 heterocycles. The van der Waals surface area contributed by atoms with Crippen LogP contribution in [-0.4, -0.2) is 45.9 Å². The van der Waals surface area contributed by atoms with Crippen LogP contribution in [0.1, 0.15) is 31.2 Å². The zero-order valence-electron chi connectivity index (χ0n) is 16.3. The molecule has 10 heteroatoms. The molecule has 0 radical (unpaired) electrons. The van der Waals surface area contributed by atoms with Gasteiger partial charge < -0.3 is 15.7 Å². The van der Waals surface area contributed by atoms with Gasteiger partial charge in [0.1, 0.15) is 22.5 Å². The van der Waals surface area contributed by atoms with Crippen molar-refractivity contribution < 1.29 is 9.50 Å². The summed E-state index contributed by atoms with van der Waals surface area (Å²) in [7, 11) is 0. The van der Waals surface area contributed by atoms with Crippen LogP contribution in [-0.2, 0) is 6.61 Å². The molecule has 0 aromatic carbocycles. The lowest BCUT2D eigenvalue weighted by Crippen LogP contribution is -2.49. The summed E-state index contributed by atoms with van der Waals surface area (Å²) < 4.78 is 13.1. The molecule has 158 valence electrons. The van der Waals surface area contributed by atoms with Crippen LogP contribution in [0.15, 0.2) is 22.2 Å². The quantitative estimate of drug-likeness (QED) is 0.630. The SMILES string of the molecule is Cc1nc(N2CCC(C)([C@@H](N)CF)CC2)c(CO)nc1Sc1ccnc(Cl)c1Cl. The number of rotatable bonds is 6. The molecule has 29 heavy (non-hydrogen) atoms. The Labute approximate surface area is 184 Å². The van der Waals surface area contributed by atoms with E-state index in [1.165, 1.54) is 11.8 Å². The molecule has 0 unspecified atom stereocenters. The van der Waals surface area contributed by atoms with E-state index in [2.05, 4.69) is 14.9 Å². The van der Waals surface area contributed by atoms with E-state index in [-0.39, 0.29) is 17.2 Å². The van der Waals surface area contributed by atoms with Gasteiger partial charge in [0.25, 0.3) is 0 Å². The van der Waals surface area contributed by atoms with Crippen molar-refractivity contribution >= 4 is 40.8 Å². The van der Waals surface area contributed by atoms with Gasteiger partial charge in [-0.25, -0.2) is 19.3 Å². The van der Waals surface area contributed by atoms with E-state index < -0.39 is 12.7 Å². The number of aryl methyl sites for hydroxylation is 1. The van der Waals surface area contributed by atoms with Crippen LogP contribution in [0.2, 0.25) is 10.2 Å². The smallest absolute Gasteiger partial charge is 0.153 e. The average Bonchev–Trinajstić information content (AvgIpc) is 2.72. The van der Waals surface area contributed by atoms with E-state index in [0.29, 0.717) is 34.6 Å². The summed E-state index contributed by atoms with van der Waals surface area (Å²) in [4.78, 5) is 16.1. The predicted molar refractivity (Wildman–Crippen MR) is 115 cm³/mol. The fourth-order valence-electron chi connectivity index (χ4n) is 3.35. The first-order chi connectivity index (χ1) is 13.8. The van der Waals surface area contributed by atoms with Gasteiger partial charge in [-0.2, -0.15) is 0 Å². The lowest BCUT2D eigenvalue weighted by Gasteiger charge is -2.42.